The van der Waals surface area contributed by atoms with Crippen molar-refractivity contribution in [2.24, 2.45) is 0 Å². The van der Waals surface area contributed by atoms with Gasteiger partial charge >= 0.3 is 5.97 Å². The maximum Gasteiger partial charge on any atom is 0.372 e. The molecular formula is C9H8N2O3S3. The van der Waals surface area contributed by atoms with Crippen LogP contribution in [0, 0.1) is 0 Å². The van der Waals surface area contributed by atoms with Crippen LogP contribution in [0.1, 0.15) is 16.1 Å². The number of hydrogen-bond donors (Lipinski definition) is 1. The SMILES string of the molecule is CSc1nnc(SCc2ccoc2C(=O)O)s1. The van der Waals surface area contributed by atoms with E-state index >= 15 is 0 Å². The number of hydrogen-bond acceptors (Lipinski definition) is 7. The van der Waals surface area contributed by atoms with Gasteiger partial charge in [-0.1, -0.05) is 34.9 Å². The fourth-order valence-corrected chi connectivity index (χ4v) is 3.53. The Hall–Kier alpha value is -0.990. The number of carboxylic acid groups (broad SMARTS) is 1. The minimum absolute atomic E-state index is 0.00731. The molecule has 0 unspecified atom stereocenters. The highest BCUT2D eigenvalue weighted by Crippen LogP contribution is 2.30. The molecule has 0 aliphatic rings. The number of carbonyl (C=O) groups is 1. The van der Waals surface area contributed by atoms with Crippen molar-refractivity contribution >= 4 is 40.8 Å². The summed E-state index contributed by atoms with van der Waals surface area (Å²) in [4.78, 5) is 10.8. The Morgan fingerprint density at radius 3 is 2.94 bits per heavy atom. The van der Waals surface area contributed by atoms with E-state index in [4.69, 9.17) is 9.52 Å². The van der Waals surface area contributed by atoms with Crippen LogP contribution in [0.15, 0.2) is 25.4 Å². The van der Waals surface area contributed by atoms with E-state index < -0.39 is 5.97 Å². The Balaban J connectivity index is 2.02. The highest BCUT2D eigenvalue weighted by Gasteiger charge is 2.14. The van der Waals surface area contributed by atoms with Crippen LogP contribution in [0.2, 0.25) is 0 Å². The van der Waals surface area contributed by atoms with Crippen LogP contribution in [-0.2, 0) is 5.75 Å². The molecule has 0 aromatic carbocycles. The zero-order chi connectivity index (χ0) is 12.3. The first-order valence-electron chi connectivity index (χ1n) is 4.50. The van der Waals surface area contributed by atoms with Crippen molar-refractivity contribution in [3.05, 3.63) is 23.7 Å². The zero-order valence-corrected chi connectivity index (χ0v) is 11.2. The molecule has 0 aliphatic heterocycles. The number of aromatic carboxylic acids is 1. The second-order valence-electron chi connectivity index (χ2n) is 2.91. The lowest BCUT2D eigenvalue weighted by Gasteiger charge is -1.95. The summed E-state index contributed by atoms with van der Waals surface area (Å²) in [5, 5.41) is 16.8. The molecule has 90 valence electrons. The number of nitrogens with zero attached hydrogens (tertiary/aromatic N) is 2. The Kier molecular flexibility index (Phi) is 4.08. The van der Waals surface area contributed by atoms with Crippen molar-refractivity contribution in [1.29, 1.82) is 0 Å². The normalized spacial score (nSPS) is 10.6. The number of rotatable bonds is 5. The summed E-state index contributed by atoms with van der Waals surface area (Å²) in [5.41, 5.74) is 0.656. The molecular weight excluding hydrogens is 280 g/mol. The van der Waals surface area contributed by atoms with E-state index in [9.17, 15) is 4.79 Å². The highest BCUT2D eigenvalue weighted by atomic mass is 32.2. The standard InChI is InChI=1S/C9H8N2O3S3/c1-15-8-10-11-9(17-8)16-4-5-2-3-14-6(5)7(12)13/h2-3H,4H2,1H3,(H,12,13). The minimum atomic E-state index is -1.05. The molecule has 2 heterocycles. The average molecular weight is 288 g/mol. The first-order chi connectivity index (χ1) is 8.20. The molecule has 0 spiro atoms. The second kappa shape index (κ2) is 5.56. The van der Waals surface area contributed by atoms with Gasteiger partial charge in [-0.15, -0.1) is 10.2 Å². The molecule has 5 nitrogen and oxygen atoms in total. The fraction of sp³-hybridized carbons (Fsp3) is 0.222. The minimum Gasteiger partial charge on any atom is -0.475 e. The van der Waals surface area contributed by atoms with Crippen LogP contribution in [0.4, 0.5) is 0 Å². The van der Waals surface area contributed by atoms with Crippen molar-refractivity contribution in [3.8, 4) is 0 Å². The summed E-state index contributed by atoms with van der Waals surface area (Å²) in [6.45, 7) is 0. The van der Waals surface area contributed by atoms with Crippen molar-refractivity contribution in [1.82, 2.24) is 10.2 Å². The molecule has 0 fully saturated rings. The fourth-order valence-electron chi connectivity index (χ4n) is 1.11. The Morgan fingerprint density at radius 1 is 1.53 bits per heavy atom. The molecule has 8 heteroatoms. The zero-order valence-electron chi connectivity index (χ0n) is 8.74. The monoisotopic (exact) mass is 288 g/mol. The summed E-state index contributed by atoms with van der Waals surface area (Å²) >= 11 is 4.49. The van der Waals surface area contributed by atoms with E-state index in [-0.39, 0.29) is 5.76 Å². The number of aromatic nitrogens is 2. The van der Waals surface area contributed by atoms with Crippen molar-refractivity contribution in [2.75, 3.05) is 6.26 Å². The largest absolute Gasteiger partial charge is 0.475 e. The summed E-state index contributed by atoms with van der Waals surface area (Å²) in [5.74, 6) is -0.541. The van der Waals surface area contributed by atoms with Crippen LogP contribution >= 0.6 is 34.9 Å². The molecule has 2 rings (SSSR count). The van der Waals surface area contributed by atoms with Gasteiger partial charge in [0.2, 0.25) is 5.76 Å². The van der Waals surface area contributed by atoms with Crippen molar-refractivity contribution < 1.29 is 14.3 Å². The van der Waals surface area contributed by atoms with E-state index in [1.165, 1.54) is 41.1 Å². The van der Waals surface area contributed by atoms with Crippen LogP contribution in [0.3, 0.4) is 0 Å². The van der Waals surface area contributed by atoms with Gasteiger partial charge in [0.1, 0.15) is 0 Å². The first-order valence-corrected chi connectivity index (χ1v) is 7.53. The molecule has 0 radical (unpaired) electrons. The summed E-state index contributed by atoms with van der Waals surface area (Å²) in [7, 11) is 0. The summed E-state index contributed by atoms with van der Waals surface area (Å²) < 4.78 is 6.62. The number of furan rings is 1. The van der Waals surface area contributed by atoms with Crippen LogP contribution < -0.4 is 0 Å². The maximum atomic E-state index is 10.8. The van der Waals surface area contributed by atoms with E-state index in [0.29, 0.717) is 11.3 Å². The van der Waals surface area contributed by atoms with Crippen LogP contribution in [-0.4, -0.2) is 27.5 Å². The molecule has 2 aromatic heterocycles. The molecule has 0 amide bonds. The molecule has 0 bridgehead atoms. The van der Waals surface area contributed by atoms with E-state index in [1.54, 1.807) is 6.07 Å². The lowest BCUT2D eigenvalue weighted by molar-refractivity contribution is 0.0661. The molecule has 0 aliphatic carbocycles. The van der Waals surface area contributed by atoms with E-state index in [1.807, 2.05) is 6.26 Å². The molecule has 0 atom stereocenters. The topological polar surface area (TPSA) is 76.2 Å². The number of thioether (sulfide) groups is 2. The Labute approximate surface area is 110 Å². The van der Waals surface area contributed by atoms with Gasteiger partial charge in [0.05, 0.1) is 6.26 Å². The predicted octanol–water partition coefficient (Wildman–Crippen LogP) is 2.84. The van der Waals surface area contributed by atoms with Gasteiger partial charge in [0.15, 0.2) is 8.68 Å². The van der Waals surface area contributed by atoms with Gasteiger partial charge in [0.25, 0.3) is 0 Å². The quantitative estimate of drug-likeness (QED) is 0.848. The van der Waals surface area contributed by atoms with Gasteiger partial charge in [0, 0.05) is 11.3 Å². The molecule has 2 aromatic rings. The third kappa shape index (κ3) is 3.02. The molecule has 0 saturated carbocycles. The average Bonchev–Trinajstić information content (AvgIpc) is 2.95. The summed E-state index contributed by atoms with van der Waals surface area (Å²) in [6.07, 6.45) is 3.32. The first kappa shape index (κ1) is 12.5. The van der Waals surface area contributed by atoms with E-state index in [0.717, 1.165) is 8.68 Å². The van der Waals surface area contributed by atoms with E-state index in [2.05, 4.69) is 10.2 Å². The third-order valence-corrected chi connectivity index (χ3v) is 4.94. The second-order valence-corrected chi connectivity index (χ2v) is 6.16. The van der Waals surface area contributed by atoms with Crippen molar-refractivity contribution in [3.63, 3.8) is 0 Å². The highest BCUT2D eigenvalue weighted by molar-refractivity contribution is 8.02. The van der Waals surface area contributed by atoms with Crippen LogP contribution in [0.25, 0.3) is 0 Å². The maximum absolute atomic E-state index is 10.8. The van der Waals surface area contributed by atoms with Gasteiger partial charge in [-0.3, -0.25) is 0 Å². The smallest absolute Gasteiger partial charge is 0.372 e. The van der Waals surface area contributed by atoms with Gasteiger partial charge in [-0.25, -0.2) is 4.79 Å². The van der Waals surface area contributed by atoms with Crippen molar-refractivity contribution in [2.45, 2.75) is 14.4 Å². The molecule has 17 heavy (non-hydrogen) atoms. The Bertz CT molecular complexity index is 523. The molecule has 1 N–H and O–H groups in total. The van der Waals surface area contributed by atoms with Gasteiger partial charge < -0.3 is 9.52 Å². The lowest BCUT2D eigenvalue weighted by atomic mass is 10.3. The predicted molar refractivity (Wildman–Crippen MR) is 66.9 cm³/mol. The van der Waals surface area contributed by atoms with Gasteiger partial charge in [-0.2, -0.15) is 0 Å². The van der Waals surface area contributed by atoms with Gasteiger partial charge in [-0.05, 0) is 12.3 Å². The third-order valence-electron chi connectivity index (χ3n) is 1.85. The number of carboxylic acids is 1. The summed E-state index contributed by atoms with van der Waals surface area (Å²) in [6, 6.07) is 1.66. The molecule has 0 saturated heterocycles. The van der Waals surface area contributed by atoms with Crippen LogP contribution in [0.5, 0.6) is 0 Å². The lowest BCUT2D eigenvalue weighted by Crippen LogP contribution is -1.97. The Morgan fingerprint density at radius 2 is 2.29 bits per heavy atom.